The summed E-state index contributed by atoms with van der Waals surface area (Å²) < 4.78 is 8.00. The number of benzene rings is 1. The molecule has 3 aromatic rings. The van der Waals surface area contributed by atoms with Gasteiger partial charge in [-0.05, 0) is 55.5 Å². The molecule has 0 saturated carbocycles. The van der Waals surface area contributed by atoms with Gasteiger partial charge in [-0.2, -0.15) is 0 Å². The van der Waals surface area contributed by atoms with Gasteiger partial charge in [0.2, 0.25) is 0 Å². The van der Waals surface area contributed by atoms with Gasteiger partial charge in [-0.3, -0.25) is 0 Å². The van der Waals surface area contributed by atoms with Gasteiger partial charge >= 0.3 is 5.97 Å². The van der Waals surface area contributed by atoms with E-state index >= 15 is 0 Å². The van der Waals surface area contributed by atoms with Crippen LogP contribution in [0.2, 0.25) is 0 Å². The van der Waals surface area contributed by atoms with Crippen LogP contribution in [0.4, 0.5) is 0 Å². The van der Waals surface area contributed by atoms with E-state index in [-0.39, 0.29) is 5.97 Å². The first-order chi connectivity index (χ1) is 14.7. The SMILES string of the molecule is CCCCCCCCCc1cc2sc(C(=O)Oc3ccc(CCCC)cc3)cc2s1. The molecule has 3 rings (SSSR count). The van der Waals surface area contributed by atoms with Crippen LogP contribution in [0, 0.1) is 0 Å². The number of carbonyl (C=O) groups excluding carboxylic acids is 1. The molecule has 30 heavy (non-hydrogen) atoms. The van der Waals surface area contributed by atoms with Crippen LogP contribution >= 0.6 is 22.7 Å². The second-order valence-corrected chi connectivity index (χ2v) is 10.3. The molecule has 0 saturated heterocycles. The minimum atomic E-state index is -0.252. The van der Waals surface area contributed by atoms with Crippen molar-refractivity contribution < 1.29 is 9.53 Å². The summed E-state index contributed by atoms with van der Waals surface area (Å²) in [7, 11) is 0. The number of ether oxygens (including phenoxy) is 1. The highest BCUT2D eigenvalue weighted by Crippen LogP contribution is 2.34. The van der Waals surface area contributed by atoms with Crippen LogP contribution in [0.3, 0.4) is 0 Å². The van der Waals surface area contributed by atoms with Gasteiger partial charge in [-0.25, -0.2) is 4.79 Å². The lowest BCUT2D eigenvalue weighted by molar-refractivity contribution is 0.0740. The monoisotopic (exact) mass is 442 g/mol. The Hall–Kier alpha value is -1.65. The van der Waals surface area contributed by atoms with Crippen molar-refractivity contribution in [1.82, 2.24) is 0 Å². The Morgan fingerprint density at radius 3 is 2.13 bits per heavy atom. The fourth-order valence-corrected chi connectivity index (χ4v) is 5.97. The molecule has 4 heteroatoms. The zero-order chi connectivity index (χ0) is 21.2. The van der Waals surface area contributed by atoms with Crippen molar-refractivity contribution in [3.05, 3.63) is 51.7 Å². The molecule has 0 aliphatic rings. The quantitative estimate of drug-likeness (QED) is 0.150. The van der Waals surface area contributed by atoms with E-state index in [0.29, 0.717) is 10.6 Å². The maximum atomic E-state index is 12.5. The summed E-state index contributed by atoms with van der Waals surface area (Å²) >= 11 is 3.37. The first kappa shape index (κ1) is 23.0. The Morgan fingerprint density at radius 2 is 1.43 bits per heavy atom. The van der Waals surface area contributed by atoms with Crippen LogP contribution in [0.15, 0.2) is 36.4 Å². The molecule has 2 aromatic heterocycles. The van der Waals surface area contributed by atoms with E-state index in [2.05, 4.69) is 32.0 Å². The van der Waals surface area contributed by atoms with E-state index in [1.165, 1.54) is 77.6 Å². The van der Waals surface area contributed by atoms with E-state index in [1.807, 2.05) is 29.5 Å². The number of hydrogen-bond acceptors (Lipinski definition) is 4. The van der Waals surface area contributed by atoms with E-state index in [1.54, 1.807) is 11.3 Å². The predicted molar refractivity (Wildman–Crippen MR) is 131 cm³/mol. The molecule has 0 aliphatic heterocycles. The molecule has 1 aromatic carbocycles. The molecular weight excluding hydrogens is 408 g/mol. The minimum absolute atomic E-state index is 0.252. The second-order valence-electron chi connectivity index (χ2n) is 8.06. The highest BCUT2D eigenvalue weighted by atomic mass is 32.1. The van der Waals surface area contributed by atoms with Gasteiger partial charge in [-0.1, -0.05) is 70.9 Å². The van der Waals surface area contributed by atoms with Crippen molar-refractivity contribution in [2.45, 2.75) is 84.5 Å². The number of esters is 1. The molecule has 0 N–H and O–H groups in total. The minimum Gasteiger partial charge on any atom is -0.422 e. The average molecular weight is 443 g/mol. The highest BCUT2D eigenvalue weighted by molar-refractivity contribution is 7.28. The molecular formula is C26H34O2S2. The van der Waals surface area contributed by atoms with Crippen molar-refractivity contribution >= 4 is 38.0 Å². The van der Waals surface area contributed by atoms with E-state index in [0.717, 1.165) is 12.8 Å². The molecule has 0 aliphatic carbocycles. The molecule has 0 spiro atoms. The fraction of sp³-hybridized carbons (Fsp3) is 0.500. The van der Waals surface area contributed by atoms with Gasteiger partial charge in [0, 0.05) is 14.3 Å². The third-order valence-electron chi connectivity index (χ3n) is 5.44. The topological polar surface area (TPSA) is 26.3 Å². The average Bonchev–Trinajstić information content (AvgIpc) is 3.31. The molecule has 2 heterocycles. The summed E-state index contributed by atoms with van der Waals surface area (Å²) in [6.07, 6.45) is 14.0. The molecule has 0 bridgehead atoms. The Balaban J connectivity index is 1.47. The number of unbranched alkanes of at least 4 members (excludes halogenated alkanes) is 7. The van der Waals surface area contributed by atoms with Crippen LogP contribution < -0.4 is 4.74 Å². The molecule has 2 nitrogen and oxygen atoms in total. The highest BCUT2D eigenvalue weighted by Gasteiger charge is 2.15. The third kappa shape index (κ3) is 6.95. The summed E-state index contributed by atoms with van der Waals surface area (Å²) in [6.45, 7) is 4.46. The van der Waals surface area contributed by atoms with E-state index in [9.17, 15) is 4.79 Å². The molecule has 0 unspecified atom stereocenters. The molecule has 0 radical (unpaired) electrons. The lowest BCUT2D eigenvalue weighted by atomic mass is 10.1. The Labute approximate surface area is 189 Å². The van der Waals surface area contributed by atoms with Crippen molar-refractivity contribution in [2.24, 2.45) is 0 Å². The van der Waals surface area contributed by atoms with Gasteiger partial charge in [-0.15, -0.1) is 22.7 Å². The zero-order valence-corrected chi connectivity index (χ0v) is 20.0. The van der Waals surface area contributed by atoms with Gasteiger partial charge < -0.3 is 4.74 Å². The molecule has 162 valence electrons. The van der Waals surface area contributed by atoms with Crippen LogP contribution in [-0.4, -0.2) is 5.97 Å². The molecule has 0 amide bonds. The largest absolute Gasteiger partial charge is 0.422 e. The van der Waals surface area contributed by atoms with Gasteiger partial charge in [0.15, 0.2) is 0 Å². The smallest absolute Gasteiger partial charge is 0.353 e. The summed E-state index contributed by atoms with van der Waals surface area (Å²) in [5, 5.41) is 0. The number of aryl methyl sites for hydroxylation is 2. The summed E-state index contributed by atoms with van der Waals surface area (Å²) in [6, 6.07) is 12.2. The first-order valence-electron chi connectivity index (χ1n) is 11.5. The standard InChI is InChI=1S/C26H34O2S2/c1-3-5-7-8-9-10-11-13-22-18-23-24(29-22)19-25(30-23)26(27)28-21-16-14-20(15-17-21)12-6-4-2/h14-19H,3-13H2,1-2H3. The van der Waals surface area contributed by atoms with Crippen molar-refractivity contribution in [3.8, 4) is 5.75 Å². The Kier molecular flexibility index (Phi) is 9.41. The van der Waals surface area contributed by atoms with Crippen molar-refractivity contribution in [3.63, 3.8) is 0 Å². The number of thiophene rings is 2. The Bertz CT molecular complexity index is 873. The van der Waals surface area contributed by atoms with E-state index < -0.39 is 0 Å². The van der Waals surface area contributed by atoms with Crippen LogP contribution in [0.5, 0.6) is 5.75 Å². The molecule has 0 atom stereocenters. The van der Waals surface area contributed by atoms with Crippen molar-refractivity contribution in [1.29, 1.82) is 0 Å². The molecule has 0 fully saturated rings. The number of rotatable bonds is 13. The fourth-order valence-electron chi connectivity index (χ4n) is 3.63. The van der Waals surface area contributed by atoms with Gasteiger partial charge in [0.05, 0.1) is 0 Å². The summed E-state index contributed by atoms with van der Waals surface area (Å²) in [5.41, 5.74) is 1.29. The number of carbonyl (C=O) groups is 1. The van der Waals surface area contributed by atoms with Gasteiger partial charge in [0.25, 0.3) is 0 Å². The lowest BCUT2D eigenvalue weighted by Crippen LogP contribution is -2.06. The number of hydrogen-bond donors (Lipinski definition) is 0. The summed E-state index contributed by atoms with van der Waals surface area (Å²) in [4.78, 5) is 14.7. The summed E-state index contributed by atoms with van der Waals surface area (Å²) in [5.74, 6) is 0.370. The first-order valence-corrected chi connectivity index (χ1v) is 13.2. The van der Waals surface area contributed by atoms with Crippen LogP contribution in [0.25, 0.3) is 9.40 Å². The number of fused-ring (bicyclic) bond motifs is 1. The lowest BCUT2D eigenvalue weighted by Gasteiger charge is -2.04. The van der Waals surface area contributed by atoms with E-state index in [4.69, 9.17) is 4.74 Å². The van der Waals surface area contributed by atoms with Crippen LogP contribution in [0.1, 0.15) is 91.7 Å². The van der Waals surface area contributed by atoms with Crippen LogP contribution in [-0.2, 0) is 12.8 Å². The normalized spacial score (nSPS) is 11.3. The zero-order valence-electron chi connectivity index (χ0n) is 18.4. The maximum Gasteiger partial charge on any atom is 0.353 e. The van der Waals surface area contributed by atoms with Gasteiger partial charge in [0.1, 0.15) is 10.6 Å². The Morgan fingerprint density at radius 1 is 0.767 bits per heavy atom. The third-order valence-corrected chi connectivity index (χ3v) is 7.77. The predicted octanol–water partition coefficient (Wildman–Crippen LogP) is 8.82. The maximum absolute atomic E-state index is 12.5. The second kappa shape index (κ2) is 12.3. The van der Waals surface area contributed by atoms with Crippen molar-refractivity contribution in [2.75, 3.05) is 0 Å².